The van der Waals surface area contributed by atoms with Gasteiger partial charge in [-0.25, -0.2) is 9.97 Å². The highest BCUT2D eigenvalue weighted by atomic mass is 16.5. The molecular formula is C26H40N6O. The highest BCUT2D eigenvalue weighted by molar-refractivity contribution is 5.63. The molecule has 0 aliphatic carbocycles. The van der Waals surface area contributed by atoms with Crippen molar-refractivity contribution >= 4 is 11.5 Å². The smallest absolute Gasteiger partial charge is 0.161 e. The summed E-state index contributed by atoms with van der Waals surface area (Å²) in [5, 5.41) is 3.60. The number of likely N-dealkylation sites (N-methyl/N-ethyl adjacent to an activating group) is 1. The number of hydrogen-bond donors (Lipinski definition) is 1. The number of hydrogen-bond acceptors (Lipinski definition) is 7. The lowest BCUT2D eigenvalue weighted by atomic mass is 10.1. The summed E-state index contributed by atoms with van der Waals surface area (Å²) < 4.78 is 5.73. The second-order valence-electron chi connectivity index (χ2n) is 9.46. The number of benzene rings is 1. The summed E-state index contributed by atoms with van der Waals surface area (Å²) in [4.78, 5) is 17.2. The molecule has 4 rings (SSSR count). The zero-order valence-electron chi connectivity index (χ0n) is 20.8. The first-order chi connectivity index (χ1) is 16.0. The highest BCUT2D eigenvalue weighted by Gasteiger charge is 2.20. The molecule has 7 heteroatoms. The molecule has 0 spiro atoms. The van der Waals surface area contributed by atoms with Gasteiger partial charge in [0.25, 0.3) is 0 Å². The van der Waals surface area contributed by atoms with Gasteiger partial charge in [-0.3, -0.25) is 0 Å². The van der Waals surface area contributed by atoms with E-state index in [1.165, 1.54) is 5.69 Å². The van der Waals surface area contributed by atoms with E-state index in [2.05, 4.69) is 72.1 Å². The third-order valence-electron chi connectivity index (χ3n) is 6.87. The number of aromatic nitrogens is 2. The molecule has 1 aromatic heterocycles. The van der Waals surface area contributed by atoms with Crippen LogP contribution in [-0.2, 0) is 17.8 Å². The van der Waals surface area contributed by atoms with E-state index < -0.39 is 0 Å². The fourth-order valence-electron chi connectivity index (χ4n) is 4.66. The zero-order chi connectivity index (χ0) is 23.2. The van der Waals surface area contributed by atoms with Crippen LogP contribution in [0, 0.1) is 0 Å². The number of rotatable bonds is 9. The van der Waals surface area contributed by atoms with Crippen LogP contribution in [0.1, 0.15) is 38.4 Å². The van der Waals surface area contributed by atoms with Crippen molar-refractivity contribution < 1.29 is 4.74 Å². The maximum atomic E-state index is 5.73. The van der Waals surface area contributed by atoms with Crippen molar-refractivity contribution in [3.05, 3.63) is 35.5 Å². The second kappa shape index (κ2) is 11.3. The van der Waals surface area contributed by atoms with Crippen LogP contribution in [0.4, 0.5) is 11.5 Å². The van der Waals surface area contributed by atoms with Crippen LogP contribution in [0.5, 0.6) is 0 Å². The van der Waals surface area contributed by atoms with Crippen LogP contribution in [0.3, 0.4) is 0 Å². The third kappa shape index (κ3) is 6.02. The molecule has 1 aromatic carbocycles. The molecule has 2 aliphatic heterocycles. The molecule has 3 heterocycles. The molecule has 0 radical (unpaired) electrons. The van der Waals surface area contributed by atoms with Crippen LogP contribution in [0.15, 0.2) is 24.3 Å². The van der Waals surface area contributed by atoms with Crippen molar-refractivity contribution in [3.63, 3.8) is 0 Å². The van der Waals surface area contributed by atoms with Gasteiger partial charge in [0.1, 0.15) is 5.82 Å². The highest BCUT2D eigenvalue weighted by Crippen LogP contribution is 2.28. The minimum Gasteiger partial charge on any atom is -0.376 e. The number of nitrogens with zero attached hydrogens (tertiary/aromatic N) is 5. The van der Waals surface area contributed by atoms with Gasteiger partial charge in [-0.1, -0.05) is 6.92 Å². The Morgan fingerprint density at radius 2 is 1.85 bits per heavy atom. The Morgan fingerprint density at radius 1 is 1.09 bits per heavy atom. The van der Waals surface area contributed by atoms with Gasteiger partial charge in [0.05, 0.1) is 18.9 Å². The van der Waals surface area contributed by atoms with E-state index in [0.717, 1.165) is 93.7 Å². The molecule has 0 amide bonds. The van der Waals surface area contributed by atoms with Gasteiger partial charge >= 0.3 is 0 Å². The first-order valence-corrected chi connectivity index (χ1v) is 12.5. The van der Waals surface area contributed by atoms with Crippen molar-refractivity contribution in [3.8, 4) is 11.4 Å². The minimum absolute atomic E-state index is 0.579. The fraction of sp³-hybridized carbons (Fsp3) is 0.615. The van der Waals surface area contributed by atoms with E-state index in [4.69, 9.17) is 14.7 Å². The Balaban J connectivity index is 1.47. The van der Waals surface area contributed by atoms with Crippen LogP contribution in [-0.4, -0.2) is 85.3 Å². The van der Waals surface area contributed by atoms with E-state index >= 15 is 0 Å². The summed E-state index contributed by atoms with van der Waals surface area (Å²) >= 11 is 0. The average Bonchev–Trinajstić information content (AvgIpc) is 2.84. The standard InChI is InChI=1S/C26H40N6O/c1-5-31(20(2)3)13-6-12-27-26-23-19-33-18-11-24(23)28-25(29-26)21-7-9-22(10-8-21)32-16-14-30(4)15-17-32/h7-10,20H,5-6,11-19H2,1-4H3,(H,27,28,29). The summed E-state index contributed by atoms with van der Waals surface area (Å²) in [6.45, 7) is 15.5. The second-order valence-corrected chi connectivity index (χ2v) is 9.46. The summed E-state index contributed by atoms with van der Waals surface area (Å²) in [7, 11) is 2.19. The zero-order valence-corrected chi connectivity index (χ0v) is 20.8. The first-order valence-electron chi connectivity index (χ1n) is 12.5. The molecule has 1 N–H and O–H groups in total. The van der Waals surface area contributed by atoms with Crippen molar-refractivity contribution in [1.82, 2.24) is 19.8 Å². The van der Waals surface area contributed by atoms with Crippen LogP contribution >= 0.6 is 0 Å². The number of anilines is 2. The number of piperazine rings is 1. The lowest BCUT2D eigenvalue weighted by molar-refractivity contribution is 0.109. The van der Waals surface area contributed by atoms with Gasteiger partial charge in [-0.15, -0.1) is 0 Å². The van der Waals surface area contributed by atoms with Crippen LogP contribution in [0.25, 0.3) is 11.4 Å². The predicted molar refractivity (Wildman–Crippen MR) is 136 cm³/mol. The Morgan fingerprint density at radius 3 is 2.55 bits per heavy atom. The number of fused-ring (bicyclic) bond motifs is 1. The fourth-order valence-corrected chi connectivity index (χ4v) is 4.66. The van der Waals surface area contributed by atoms with Crippen LogP contribution in [0.2, 0.25) is 0 Å². The quantitative estimate of drug-likeness (QED) is 0.585. The topological polar surface area (TPSA) is 56.8 Å². The Kier molecular flexibility index (Phi) is 8.17. The largest absolute Gasteiger partial charge is 0.376 e. The molecule has 2 aliphatic rings. The SMILES string of the molecule is CCN(CCCNc1nc(-c2ccc(N3CCN(C)CC3)cc2)nc2c1COCC2)C(C)C. The molecule has 180 valence electrons. The van der Waals surface area contributed by atoms with Crippen molar-refractivity contribution in [1.29, 1.82) is 0 Å². The van der Waals surface area contributed by atoms with Gasteiger partial charge in [-0.2, -0.15) is 0 Å². The van der Waals surface area contributed by atoms with E-state index in [9.17, 15) is 0 Å². The Labute approximate surface area is 199 Å². The Bertz CT molecular complexity index is 892. The summed E-state index contributed by atoms with van der Waals surface area (Å²) in [5.74, 6) is 1.74. The molecule has 7 nitrogen and oxygen atoms in total. The van der Waals surface area contributed by atoms with Crippen molar-refractivity contribution in [2.75, 3.05) is 69.7 Å². The van der Waals surface area contributed by atoms with E-state index in [1.54, 1.807) is 0 Å². The minimum atomic E-state index is 0.579. The molecule has 0 unspecified atom stereocenters. The molecule has 2 aromatic rings. The number of nitrogens with one attached hydrogen (secondary N) is 1. The van der Waals surface area contributed by atoms with Gasteiger partial charge in [0.15, 0.2) is 5.82 Å². The normalized spacial score (nSPS) is 17.0. The van der Waals surface area contributed by atoms with Gasteiger partial charge < -0.3 is 24.8 Å². The number of ether oxygens (including phenoxy) is 1. The molecule has 0 atom stereocenters. The Hall–Kier alpha value is -2.22. The predicted octanol–water partition coefficient (Wildman–Crippen LogP) is 3.50. The molecule has 33 heavy (non-hydrogen) atoms. The van der Waals surface area contributed by atoms with Crippen molar-refractivity contribution in [2.45, 2.75) is 46.3 Å². The average molecular weight is 453 g/mol. The van der Waals surface area contributed by atoms with Gasteiger partial charge in [-0.05, 0) is 58.1 Å². The summed E-state index contributed by atoms with van der Waals surface area (Å²) in [6.07, 6.45) is 1.93. The van der Waals surface area contributed by atoms with Gasteiger partial charge in [0, 0.05) is 68.5 Å². The summed E-state index contributed by atoms with van der Waals surface area (Å²) in [5.41, 5.74) is 4.59. The monoisotopic (exact) mass is 452 g/mol. The first kappa shape index (κ1) is 23.9. The lowest BCUT2D eigenvalue weighted by Crippen LogP contribution is -2.44. The summed E-state index contributed by atoms with van der Waals surface area (Å²) in [6, 6.07) is 9.34. The molecular weight excluding hydrogens is 412 g/mol. The third-order valence-corrected chi connectivity index (χ3v) is 6.87. The van der Waals surface area contributed by atoms with Gasteiger partial charge in [0.2, 0.25) is 0 Å². The van der Waals surface area contributed by atoms with E-state index in [1.807, 2.05) is 0 Å². The van der Waals surface area contributed by atoms with E-state index in [-0.39, 0.29) is 0 Å². The molecule has 1 fully saturated rings. The molecule has 0 bridgehead atoms. The molecule has 1 saturated heterocycles. The maximum absolute atomic E-state index is 5.73. The van der Waals surface area contributed by atoms with Crippen molar-refractivity contribution in [2.24, 2.45) is 0 Å². The van der Waals surface area contributed by atoms with E-state index in [0.29, 0.717) is 12.6 Å². The lowest BCUT2D eigenvalue weighted by Gasteiger charge is -2.34. The maximum Gasteiger partial charge on any atom is 0.161 e. The van der Waals surface area contributed by atoms with Crippen LogP contribution < -0.4 is 10.2 Å². The molecule has 0 saturated carbocycles.